The SMILES string of the molecule is [2H]c1c([2H])c(N(c2ccc(-c3ccc4c(ccc5ccccc54)c3)cc2)c2ccc(-c3c(-c4ccccc4)ccc4ccccc34)cc2)c([2H])c([2H])c1-c1ccc(-c2ccc3ccccc3c2)cc1. The van der Waals surface area contributed by atoms with Gasteiger partial charge in [0.05, 0.1) is 5.48 Å². The zero-order valence-electron chi connectivity index (χ0n) is 39.5. The topological polar surface area (TPSA) is 3.24 Å². The lowest BCUT2D eigenvalue weighted by atomic mass is 9.89. The number of hydrogen-bond acceptors (Lipinski definition) is 1. The lowest BCUT2D eigenvalue weighted by Gasteiger charge is -2.26. The average Bonchev–Trinajstić information content (AvgIpc) is 3.41. The summed E-state index contributed by atoms with van der Waals surface area (Å²) in [6, 6.07) is 81.0. The Labute approximate surface area is 385 Å². The first-order valence-electron chi connectivity index (χ1n) is 24.1. The number of nitrogens with zero attached hydrogens (tertiary/aromatic N) is 1. The molecule has 12 aromatic carbocycles. The van der Waals surface area contributed by atoms with Gasteiger partial charge in [-0.25, -0.2) is 0 Å². The Bertz CT molecular complexity index is 3890. The second-order valence-electron chi connectivity index (χ2n) is 16.6. The molecule has 0 atom stereocenters. The molecule has 0 saturated heterocycles. The van der Waals surface area contributed by atoms with E-state index in [1.165, 1.54) is 21.5 Å². The lowest BCUT2D eigenvalue weighted by Crippen LogP contribution is -2.09. The molecule has 1 heteroatoms. The molecule has 0 unspecified atom stereocenters. The van der Waals surface area contributed by atoms with Gasteiger partial charge in [-0.2, -0.15) is 0 Å². The molecule has 12 aromatic rings. The summed E-state index contributed by atoms with van der Waals surface area (Å²) in [5.41, 5.74) is 11.0. The Morgan fingerprint density at radius 3 is 1.38 bits per heavy atom. The van der Waals surface area contributed by atoms with Crippen molar-refractivity contribution < 1.29 is 5.48 Å². The van der Waals surface area contributed by atoms with Crippen LogP contribution < -0.4 is 4.90 Å². The standard InChI is InChI=1S/C64H43N/c1-2-11-49(12-3-1)63-41-32-51-14-7-9-17-62(51)64(63)52-30-38-59(39-31-52)65(58-36-28-48(29-37-58)55-33-40-61-56(43-55)25-23-50-13-6-8-16-60(50)61)57-34-26-46(27-35-57)45-18-20-47(21-19-45)54-24-22-44-10-4-5-15-53(44)42-54/h1-43H/i26D,27D,34D,35D. The summed E-state index contributed by atoms with van der Waals surface area (Å²) in [7, 11) is 0. The van der Waals surface area contributed by atoms with Gasteiger partial charge in [0.25, 0.3) is 0 Å². The Hall–Kier alpha value is -8.52. The highest BCUT2D eigenvalue weighted by molar-refractivity contribution is 6.08. The lowest BCUT2D eigenvalue weighted by molar-refractivity contribution is 1.28. The predicted molar refractivity (Wildman–Crippen MR) is 278 cm³/mol. The van der Waals surface area contributed by atoms with Crippen LogP contribution in [0.2, 0.25) is 0 Å². The monoisotopic (exact) mass is 829 g/mol. The molecule has 0 spiro atoms. The van der Waals surface area contributed by atoms with Crippen molar-refractivity contribution in [2.24, 2.45) is 0 Å². The quantitative estimate of drug-likeness (QED) is 0.138. The molecule has 0 fully saturated rings. The van der Waals surface area contributed by atoms with Crippen molar-refractivity contribution >= 4 is 60.2 Å². The maximum absolute atomic E-state index is 9.67. The summed E-state index contributed by atoms with van der Waals surface area (Å²) < 4.78 is 38.4. The zero-order chi connectivity index (χ0) is 46.6. The first-order chi connectivity index (χ1) is 33.9. The normalized spacial score (nSPS) is 12.2. The van der Waals surface area contributed by atoms with E-state index >= 15 is 0 Å². The van der Waals surface area contributed by atoms with Crippen LogP contribution in [0.1, 0.15) is 5.48 Å². The van der Waals surface area contributed by atoms with Gasteiger partial charge in [-0.3, -0.25) is 0 Å². The van der Waals surface area contributed by atoms with Gasteiger partial charge in [0, 0.05) is 17.1 Å². The molecule has 0 heterocycles. The summed E-state index contributed by atoms with van der Waals surface area (Å²) in [6.45, 7) is 0. The minimum absolute atomic E-state index is 0.102. The second kappa shape index (κ2) is 16.3. The van der Waals surface area contributed by atoms with Crippen LogP contribution in [0.15, 0.2) is 261 Å². The number of fused-ring (bicyclic) bond motifs is 5. The fraction of sp³-hybridized carbons (Fsp3) is 0. The van der Waals surface area contributed by atoms with Gasteiger partial charge >= 0.3 is 0 Å². The molecule has 0 aliphatic heterocycles. The molecular weight excluding hydrogens is 783 g/mol. The summed E-state index contributed by atoms with van der Waals surface area (Å²) in [5, 5.41) is 9.40. The molecule has 65 heavy (non-hydrogen) atoms. The highest BCUT2D eigenvalue weighted by atomic mass is 15.1. The molecule has 0 N–H and O–H groups in total. The Morgan fingerprint density at radius 1 is 0.246 bits per heavy atom. The molecule has 0 amide bonds. The van der Waals surface area contributed by atoms with Gasteiger partial charge < -0.3 is 4.90 Å². The van der Waals surface area contributed by atoms with Crippen molar-refractivity contribution in [3.63, 3.8) is 0 Å². The van der Waals surface area contributed by atoms with Crippen LogP contribution in [-0.4, -0.2) is 0 Å². The average molecular weight is 830 g/mol. The summed E-state index contributed by atoms with van der Waals surface area (Å²) >= 11 is 0. The van der Waals surface area contributed by atoms with Gasteiger partial charge in [0.1, 0.15) is 0 Å². The molecule has 0 aliphatic rings. The van der Waals surface area contributed by atoms with Crippen LogP contribution in [0.4, 0.5) is 17.1 Å². The van der Waals surface area contributed by atoms with Gasteiger partial charge in [-0.1, -0.05) is 212 Å². The Kier molecular flexibility index (Phi) is 8.54. The Morgan fingerprint density at radius 2 is 0.692 bits per heavy atom. The van der Waals surface area contributed by atoms with Crippen molar-refractivity contribution in [1.29, 1.82) is 0 Å². The molecular formula is C64H43N. The largest absolute Gasteiger partial charge is 0.311 e. The predicted octanol–water partition coefficient (Wildman–Crippen LogP) is 18.1. The first kappa shape index (κ1) is 34.0. The fourth-order valence-electron chi connectivity index (χ4n) is 9.38. The van der Waals surface area contributed by atoms with E-state index in [0.29, 0.717) is 16.9 Å². The van der Waals surface area contributed by atoms with Gasteiger partial charge in [-0.05, 0) is 147 Å². The van der Waals surface area contributed by atoms with E-state index in [1.807, 2.05) is 71.6 Å². The number of rotatable bonds is 8. The molecule has 0 aliphatic carbocycles. The van der Waals surface area contributed by atoms with E-state index < -0.39 is 0 Å². The maximum Gasteiger partial charge on any atom is 0.0645 e. The van der Waals surface area contributed by atoms with Gasteiger partial charge in [0.2, 0.25) is 0 Å². The van der Waals surface area contributed by atoms with Gasteiger partial charge in [-0.15, -0.1) is 0 Å². The third-order valence-electron chi connectivity index (χ3n) is 12.7. The number of hydrogen-bond donors (Lipinski definition) is 0. The third kappa shape index (κ3) is 7.20. The molecule has 304 valence electrons. The van der Waals surface area contributed by atoms with Crippen LogP contribution in [0, 0.1) is 0 Å². The van der Waals surface area contributed by atoms with Crippen LogP contribution in [0.25, 0.3) is 98.7 Å². The number of anilines is 3. The zero-order valence-corrected chi connectivity index (χ0v) is 35.5. The minimum atomic E-state index is -0.125. The minimum Gasteiger partial charge on any atom is -0.311 e. The van der Waals surface area contributed by atoms with E-state index in [-0.39, 0.29) is 35.4 Å². The van der Waals surface area contributed by atoms with E-state index in [1.54, 1.807) is 0 Å². The van der Waals surface area contributed by atoms with Gasteiger partial charge in [0.15, 0.2) is 0 Å². The smallest absolute Gasteiger partial charge is 0.0645 e. The van der Waals surface area contributed by atoms with Crippen molar-refractivity contribution in [2.45, 2.75) is 0 Å². The van der Waals surface area contributed by atoms with E-state index in [2.05, 4.69) is 170 Å². The highest BCUT2D eigenvalue weighted by Crippen LogP contribution is 2.42. The molecule has 0 radical (unpaired) electrons. The molecule has 12 rings (SSSR count). The molecule has 0 bridgehead atoms. The second-order valence-corrected chi connectivity index (χ2v) is 16.6. The summed E-state index contributed by atoms with van der Waals surface area (Å²) in [6.07, 6.45) is 0. The molecule has 0 aromatic heterocycles. The van der Waals surface area contributed by atoms with Crippen LogP contribution in [0.3, 0.4) is 0 Å². The third-order valence-corrected chi connectivity index (χ3v) is 12.7. The maximum atomic E-state index is 9.67. The fourth-order valence-corrected chi connectivity index (χ4v) is 9.38. The van der Waals surface area contributed by atoms with Crippen LogP contribution >= 0.6 is 0 Å². The Balaban J connectivity index is 0.970. The van der Waals surface area contributed by atoms with Crippen LogP contribution in [-0.2, 0) is 0 Å². The molecule has 0 saturated carbocycles. The summed E-state index contributed by atoms with van der Waals surface area (Å²) in [4.78, 5) is 1.87. The highest BCUT2D eigenvalue weighted by Gasteiger charge is 2.17. The van der Waals surface area contributed by atoms with E-state index in [4.69, 9.17) is 0 Å². The van der Waals surface area contributed by atoms with Crippen molar-refractivity contribution in [1.82, 2.24) is 0 Å². The molecule has 1 nitrogen and oxygen atoms in total. The van der Waals surface area contributed by atoms with Crippen LogP contribution in [0.5, 0.6) is 0 Å². The van der Waals surface area contributed by atoms with Crippen molar-refractivity contribution in [3.05, 3.63) is 261 Å². The number of benzene rings is 12. The van der Waals surface area contributed by atoms with E-state index in [0.717, 1.165) is 66.1 Å². The first-order valence-corrected chi connectivity index (χ1v) is 22.1. The summed E-state index contributed by atoms with van der Waals surface area (Å²) in [5.74, 6) is 0. The van der Waals surface area contributed by atoms with E-state index in [9.17, 15) is 5.48 Å². The van der Waals surface area contributed by atoms with Crippen molar-refractivity contribution in [2.75, 3.05) is 4.90 Å². The van der Waals surface area contributed by atoms with Crippen molar-refractivity contribution in [3.8, 4) is 55.6 Å².